The van der Waals surface area contributed by atoms with Gasteiger partial charge in [0.2, 0.25) is 0 Å². The van der Waals surface area contributed by atoms with Crippen molar-refractivity contribution in [1.29, 1.82) is 0 Å². The van der Waals surface area contributed by atoms with Gasteiger partial charge in [-0.15, -0.1) is 54.1 Å². The van der Waals surface area contributed by atoms with Gasteiger partial charge in [-0.2, -0.15) is 0 Å². The molecule has 3 aromatic heterocycles. The van der Waals surface area contributed by atoms with E-state index in [-0.39, 0.29) is 25.6 Å². The van der Waals surface area contributed by atoms with Crippen molar-refractivity contribution < 1.29 is 24.5 Å². The molecule has 0 saturated heterocycles. The number of rotatable bonds is 4. The number of pyridine rings is 1. The van der Waals surface area contributed by atoms with Gasteiger partial charge in [0.05, 0.1) is 28.0 Å². The van der Waals surface area contributed by atoms with Crippen LogP contribution in [0.15, 0.2) is 102 Å². The van der Waals surface area contributed by atoms with E-state index in [0.29, 0.717) is 11.8 Å². The summed E-state index contributed by atoms with van der Waals surface area (Å²) >= 11 is 0. The fourth-order valence-corrected chi connectivity index (χ4v) is 8.59. The zero-order valence-electron chi connectivity index (χ0n) is 28.7. The van der Waals surface area contributed by atoms with Crippen molar-refractivity contribution in [3.05, 3.63) is 126 Å². The maximum atomic E-state index is 6.13. The van der Waals surface area contributed by atoms with E-state index in [4.69, 9.17) is 9.40 Å². The SMILES string of the molecule is CC1(C)C=Cc2c(C3CCCC3)ccc3nc(-c4[c-]cccc4)n1c23.[Ir].[c-]1ccc2c(oc3ccccc32)c1-c1cc(C2CCCC2)ccn1. The number of aromatic nitrogens is 3. The first kappa shape index (κ1) is 32.9. The summed E-state index contributed by atoms with van der Waals surface area (Å²) in [5, 5.41) is 2.28. The summed E-state index contributed by atoms with van der Waals surface area (Å²) in [4.78, 5) is 9.62. The Morgan fingerprint density at radius 3 is 2.38 bits per heavy atom. The van der Waals surface area contributed by atoms with Gasteiger partial charge >= 0.3 is 0 Å². The summed E-state index contributed by atoms with van der Waals surface area (Å²) in [6.07, 6.45) is 17.2. The first-order chi connectivity index (χ1) is 24.0. The quantitative estimate of drug-likeness (QED) is 0.166. The minimum atomic E-state index is -0.0882. The van der Waals surface area contributed by atoms with E-state index in [1.54, 1.807) is 0 Å². The molecule has 2 saturated carbocycles. The average Bonchev–Trinajstić information content (AvgIpc) is 3.97. The maximum absolute atomic E-state index is 6.13. The van der Waals surface area contributed by atoms with Gasteiger partial charge in [0.1, 0.15) is 5.58 Å². The molecule has 7 aromatic rings. The zero-order valence-corrected chi connectivity index (χ0v) is 31.1. The van der Waals surface area contributed by atoms with Crippen LogP contribution in [0.5, 0.6) is 0 Å². The van der Waals surface area contributed by atoms with Crippen molar-refractivity contribution in [3.63, 3.8) is 0 Å². The van der Waals surface area contributed by atoms with E-state index < -0.39 is 0 Å². The Balaban J connectivity index is 0.000000142. The maximum Gasteiger partial charge on any atom is 0.120 e. The molecular weight excluding hydrogens is 791 g/mol. The number of nitrogens with zero attached hydrogens (tertiary/aromatic N) is 3. The summed E-state index contributed by atoms with van der Waals surface area (Å²) in [7, 11) is 0. The van der Waals surface area contributed by atoms with Crippen molar-refractivity contribution in [3.8, 4) is 22.6 Å². The molecule has 0 spiro atoms. The van der Waals surface area contributed by atoms with Gasteiger partial charge in [0.15, 0.2) is 0 Å². The van der Waals surface area contributed by atoms with E-state index >= 15 is 0 Å². The fourth-order valence-electron chi connectivity index (χ4n) is 8.59. The van der Waals surface area contributed by atoms with Crippen LogP contribution in [-0.2, 0) is 25.6 Å². The molecule has 2 aliphatic carbocycles. The number of benzene rings is 4. The molecule has 0 amide bonds. The number of imidazole rings is 1. The van der Waals surface area contributed by atoms with E-state index in [2.05, 4.69) is 96.2 Å². The van der Waals surface area contributed by atoms with Crippen molar-refractivity contribution in [2.45, 2.75) is 82.6 Å². The van der Waals surface area contributed by atoms with Crippen LogP contribution < -0.4 is 0 Å². The van der Waals surface area contributed by atoms with Gasteiger partial charge in [-0.05, 0) is 80.8 Å². The summed E-state index contributed by atoms with van der Waals surface area (Å²) in [6.45, 7) is 4.53. The average molecular weight is 832 g/mol. The van der Waals surface area contributed by atoms with E-state index in [0.717, 1.165) is 50.1 Å². The van der Waals surface area contributed by atoms with Gasteiger partial charge in [-0.1, -0.05) is 84.7 Å². The second-order valence-corrected chi connectivity index (χ2v) is 14.6. The minimum Gasteiger partial charge on any atom is -0.501 e. The van der Waals surface area contributed by atoms with Crippen LogP contribution in [0.2, 0.25) is 0 Å². The van der Waals surface area contributed by atoms with Crippen LogP contribution in [0.3, 0.4) is 0 Å². The van der Waals surface area contributed by atoms with Crippen LogP contribution >= 0.6 is 0 Å². The number of para-hydroxylation sites is 1. The van der Waals surface area contributed by atoms with Crippen LogP contribution in [0.4, 0.5) is 0 Å². The minimum absolute atomic E-state index is 0. The van der Waals surface area contributed by atoms with Crippen molar-refractivity contribution in [1.82, 2.24) is 14.5 Å². The molecule has 1 aliphatic heterocycles. The second kappa shape index (κ2) is 13.4. The third-order valence-electron chi connectivity index (χ3n) is 11.1. The van der Waals surface area contributed by atoms with Crippen LogP contribution in [0, 0.1) is 12.1 Å². The molecule has 4 heterocycles. The Hall–Kier alpha value is -4.31. The van der Waals surface area contributed by atoms with Crippen molar-refractivity contribution in [2.24, 2.45) is 0 Å². The number of hydrogen-bond acceptors (Lipinski definition) is 3. The normalized spacial score (nSPS) is 16.9. The molecule has 3 aliphatic rings. The van der Waals surface area contributed by atoms with E-state index in [1.807, 2.05) is 42.6 Å². The molecule has 0 atom stereocenters. The van der Waals surface area contributed by atoms with Gasteiger partial charge in [-0.3, -0.25) is 4.98 Å². The van der Waals surface area contributed by atoms with Gasteiger partial charge in [0.25, 0.3) is 0 Å². The fraction of sp³-hybridized carbons (Fsp3) is 0.289. The van der Waals surface area contributed by atoms with E-state index in [1.165, 1.54) is 73.6 Å². The Morgan fingerprint density at radius 1 is 0.800 bits per heavy atom. The zero-order chi connectivity index (χ0) is 33.0. The summed E-state index contributed by atoms with van der Waals surface area (Å²) in [5.74, 6) is 2.41. The van der Waals surface area contributed by atoms with Crippen molar-refractivity contribution >= 4 is 39.0 Å². The summed E-state index contributed by atoms with van der Waals surface area (Å²) < 4.78 is 8.55. The molecule has 253 valence electrons. The van der Waals surface area contributed by atoms with Crippen molar-refractivity contribution in [2.75, 3.05) is 0 Å². The van der Waals surface area contributed by atoms with Gasteiger partial charge in [-0.25, -0.2) is 0 Å². The topological polar surface area (TPSA) is 43.9 Å². The molecule has 50 heavy (non-hydrogen) atoms. The molecule has 1 radical (unpaired) electrons. The number of hydrogen-bond donors (Lipinski definition) is 0. The summed E-state index contributed by atoms with van der Waals surface area (Å²) in [5.41, 5.74) is 11.4. The van der Waals surface area contributed by atoms with Gasteiger partial charge < -0.3 is 14.0 Å². The smallest absolute Gasteiger partial charge is 0.120 e. The number of fused-ring (bicyclic) bond motifs is 3. The molecule has 5 heteroatoms. The molecule has 10 rings (SSSR count). The van der Waals surface area contributed by atoms with E-state index in [9.17, 15) is 0 Å². The third-order valence-corrected chi connectivity index (χ3v) is 11.1. The summed E-state index contributed by atoms with van der Waals surface area (Å²) in [6, 6.07) is 36.0. The first-order valence-electron chi connectivity index (χ1n) is 18.1. The predicted molar refractivity (Wildman–Crippen MR) is 201 cm³/mol. The Bertz CT molecular complexity index is 2340. The molecular formula is C45H41IrN3O-2. The van der Waals surface area contributed by atoms with Crippen LogP contribution in [0.1, 0.15) is 93.7 Å². The Morgan fingerprint density at radius 2 is 1.58 bits per heavy atom. The van der Waals surface area contributed by atoms with Crippen LogP contribution in [-0.4, -0.2) is 14.5 Å². The first-order valence-corrected chi connectivity index (χ1v) is 18.1. The second-order valence-electron chi connectivity index (χ2n) is 14.6. The predicted octanol–water partition coefficient (Wildman–Crippen LogP) is 12.0. The number of allylic oxidation sites excluding steroid dienone is 1. The van der Waals surface area contributed by atoms with Crippen LogP contribution in [0.25, 0.3) is 61.7 Å². The Labute approximate surface area is 308 Å². The Kier molecular flexibility index (Phi) is 8.83. The molecule has 4 aromatic carbocycles. The number of furan rings is 1. The molecule has 4 nitrogen and oxygen atoms in total. The molecule has 0 bridgehead atoms. The molecule has 0 unspecified atom stereocenters. The standard InChI is InChI=1S/C23H23N2.C22H18NO.Ir/c1-23(2)15-14-19-18(16-8-6-7-9-16)12-13-20-21(19)25(23)22(24-20)17-10-4-3-5-11-17;1-2-7-15(6-1)16-12-13-23-20(14-16)19-10-5-9-18-17-8-3-4-11-21(17)24-22(18)19;/h3-5,10,12-16H,6-9H2,1-2H3;3-5,8-9,11-15H,1-2,6-7H2;/q2*-1;. The largest absolute Gasteiger partial charge is 0.501 e. The molecule has 2 fully saturated rings. The monoisotopic (exact) mass is 832 g/mol. The molecule has 0 N–H and O–H groups in total. The third kappa shape index (κ3) is 5.75. The van der Waals surface area contributed by atoms with Gasteiger partial charge in [0, 0.05) is 37.3 Å².